The minimum atomic E-state index is -0.230. The number of aromatic amines is 1. The number of para-hydroxylation sites is 1. The topological polar surface area (TPSA) is 84.8 Å². The Hall–Kier alpha value is -3.16. The highest BCUT2D eigenvalue weighted by Gasteiger charge is 2.22. The first-order valence-corrected chi connectivity index (χ1v) is 11.7. The zero-order chi connectivity index (χ0) is 23.9. The smallest absolute Gasteiger partial charge is 0.266 e. The van der Waals surface area contributed by atoms with Crippen molar-refractivity contribution in [1.29, 1.82) is 0 Å². The lowest BCUT2D eigenvalue weighted by Gasteiger charge is -2.15. The Morgan fingerprint density at radius 3 is 2.48 bits per heavy atom. The number of nitrogens with zero attached hydrogens (tertiary/aromatic N) is 2. The molecule has 2 heterocycles. The summed E-state index contributed by atoms with van der Waals surface area (Å²) in [5.74, 6) is -0.220. The number of benzene rings is 2. The lowest BCUT2D eigenvalue weighted by atomic mass is 10.1. The number of hydrogen-bond donors (Lipinski definition) is 1. The van der Waals surface area contributed by atoms with Crippen LogP contribution in [0.25, 0.3) is 16.6 Å². The fraction of sp³-hybridized carbons (Fsp3) is 0.200. The molecule has 8 heteroatoms. The van der Waals surface area contributed by atoms with Crippen molar-refractivity contribution in [3.63, 3.8) is 0 Å². The fourth-order valence-electron chi connectivity index (χ4n) is 4.02. The van der Waals surface area contributed by atoms with Crippen molar-refractivity contribution < 1.29 is 9.59 Å². The molecule has 2 aromatic heterocycles. The molecule has 1 N–H and O–H groups in total. The first kappa shape index (κ1) is 23.0. The van der Waals surface area contributed by atoms with Crippen molar-refractivity contribution in [3.8, 4) is 5.69 Å². The van der Waals surface area contributed by atoms with Crippen LogP contribution in [-0.4, -0.2) is 31.9 Å². The molecule has 0 amide bonds. The average molecular weight is 480 g/mol. The summed E-state index contributed by atoms with van der Waals surface area (Å²) in [6, 6.07) is 12.5. The second-order valence-electron chi connectivity index (χ2n) is 7.83. The summed E-state index contributed by atoms with van der Waals surface area (Å²) in [5.41, 5.74) is 3.94. The third kappa shape index (κ3) is 4.14. The number of ketones is 2. The Morgan fingerprint density at radius 2 is 1.79 bits per heavy atom. The van der Waals surface area contributed by atoms with E-state index in [9.17, 15) is 14.4 Å². The third-order valence-electron chi connectivity index (χ3n) is 5.63. The summed E-state index contributed by atoms with van der Waals surface area (Å²) >= 11 is 7.50. The number of aryl methyl sites for hydroxylation is 1. The molecule has 2 aromatic carbocycles. The number of H-pyrrole nitrogens is 1. The van der Waals surface area contributed by atoms with Crippen LogP contribution in [0.3, 0.4) is 0 Å². The molecule has 0 aliphatic heterocycles. The lowest BCUT2D eigenvalue weighted by Crippen LogP contribution is -2.23. The number of carbonyl (C=O) groups excluding carboxylic acids is 2. The van der Waals surface area contributed by atoms with Crippen LogP contribution >= 0.6 is 23.4 Å². The number of halogens is 1. The van der Waals surface area contributed by atoms with Gasteiger partial charge in [0.05, 0.1) is 28.0 Å². The van der Waals surface area contributed by atoms with E-state index in [1.165, 1.54) is 23.3 Å². The van der Waals surface area contributed by atoms with Gasteiger partial charge in [0.25, 0.3) is 5.56 Å². The van der Waals surface area contributed by atoms with Crippen molar-refractivity contribution in [2.24, 2.45) is 0 Å². The molecular weight excluding hydrogens is 458 g/mol. The Balaban J connectivity index is 1.79. The maximum absolute atomic E-state index is 13.4. The molecule has 0 saturated heterocycles. The van der Waals surface area contributed by atoms with Crippen LogP contribution in [0.2, 0.25) is 5.02 Å². The van der Waals surface area contributed by atoms with Crippen LogP contribution in [0.4, 0.5) is 0 Å². The van der Waals surface area contributed by atoms with E-state index in [1.807, 2.05) is 19.1 Å². The van der Waals surface area contributed by atoms with Crippen molar-refractivity contribution in [1.82, 2.24) is 14.5 Å². The number of carbonyl (C=O) groups is 2. The molecule has 0 fully saturated rings. The summed E-state index contributed by atoms with van der Waals surface area (Å²) in [4.78, 5) is 46.2. The summed E-state index contributed by atoms with van der Waals surface area (Å²) in [7, 11) is 0. The Morgan fingerprint density at radius 1 is 1.06 bits per heavy atom. The number of thioether (sulfide) groups is 1. The van der Waals surface area contributed by atoms with Crippen molar-refractivity contribution in [2.45, 2.75) is 32.9 Å². The Labute approximate surface area is 200 Å². The van der Waals surface area contributed by atoms with Gasteiger partial charge < -0.3 is 4.98 Å². The number of Topliss-reactive ketones (excluding diaryl/α,β-unsaturated/α-hetero) is 2. The fourth-order valence-corrected chi connectivity index (χ4v) is 5.07. The molecule has 0 unspecified atom stereocenters. The third-order valence-corrected chi connectivity index (χ3v) is 6.97. The zero-order valence-corrected chi connectivity index (χ0v) is 20.2. The maximum Gasteiger partial charge on any atom is 0.266 e. The van der Waals surface area contributed by atoms with Crippen LogP contribution in [0, 0.1) is 20.8 Å². The van der Waals surface area contributed by atoms with E-state index in [4.69, 9.17) is 11.6 Å². The first-order valence-electron chi connectivity index (χ1n) is 10.3. The number of nitrogens with one attached hydrogen (secondary N) is 1. The van der Waals surface area contributed by atoms with E-state index in [2.05, 4.69) is 9.97 Å². The molecule has 0 atom stereocenters. The van der Waals surface area contributed by atoms with E-state index in [-0.39, 0.29) is 22.9 Å². The standard InChI is InChI=1S/C25H22ClN3O3S/c1-13-18(26)9-7-11-20(13)29-24(32)17-8-5-6-10-19(17)28-25(29)33-12-21(31)23-14(2)22(16(4)30)15(3)27-23/h5-11,27H,12H2,1-4H3. The van der Waals surface area contributed by atoms with Gasteiger partial charge in [-0.1, -0.05) is 41.6 Å². The molecule has 168 valence electrons. The van der Waals surface area contributed by atoms with Crippen molar-refractivity contribution in [3.05, 3.63) is 85.9 Å². The number of rotatable bonds is 6. The van der Waals surface area contributed by atoms with E-state index >= 15 is 0 Å². The summed E-state index contributed by atoms with van der Waals surface area (Å²) in [6.45, 7) is 6.86. The average Bonchev–Trinajstić information content (AvgIpc) is 3.08. The maximum atomic E-state index is 13.4. The zero-order valence-electron chi connectivity index (χ0n) is 18.7. The molecule has 6 nitrogen and oxygen atoms in total. The van der Waals surface area contributed by atoms with Gasteiger partial charge in [-0.2, -0.15) is 0 Å². The molecule has 0 aliphatic rings. The summed E-state index contributed by atoms with van der Waals surface area (Å²) in [5, 5.41) is 1.41. The van der Waals surface area contributed by atoms with E-state index in [1.54, 1.807) is 44.2 Å². The van der Waals surface area contributed by atoms with Crippen LogP contribution in [0.15, 0.2) is 52.4 Å². The van der Waals surface area contributed by atoms with Crippen LogP contribution < -0.4 is 5.56 Å². The van der Waals surface area contributed by atoms with E-state index in [0.29, 0.717) is 49.3 Å². The van der Waals surface area contributed by atoms with Gasteiger partial charge in [-0.3, -0.25) is 19.0 Å². The number of aromatic nitrogens is 3. The van der Waals surface area contributed by atoms with Gasteiger partial charge in [-0.15, -0.1) is 0 Å². The SMILES string of the molecule is CC(=O)c1c(C)[nH]c(C(=O)CSc2nc3ccccc3c(=O)n2-c2cccc(Cl)c2C)c1C. The molecular formula is C25H22ClN3O3S. The summed E-state index contributed by atoms with van der Waals surface area (Å²) in [6.07, 6.45) is 0. The number of hydrogen-bond acceptors (Lipinski definition) is 5. The highest BCUT2D eigenvalue weighted by Crippen LogP contribution is 2.28. The monoisotopic (exact) mass is 479 g/mol. The molecule has 4 aromatic rings. The largest absolute Gasteiger partial charge is 0.355 e. The van der Waals surface area contributed by atoms with Gasteiger partial charge in [0.2, 0.25) is 0 Å². The normalized spacial score (nSPS) is 11.2. The predicted octanol–water partition coefficient (Wildman–Crippen LogP) is 5.47. The molecule has 0 bridgehead atoms. The molecule has 4 rings (SSSR count). The molecule has 0 saturated carbocycles. The van der Waals surface area contributed by atoms with Gasteiger partial charge in [0.1, 0.15) is 0 Å². The van der Waals surface area contributed by atoms with Gasteiger partial charge in [-0.05, 0) is 63.1 Å². The second kappa shape index (κ2) is 9.00. The minimum absolute atomic E-state index is 0.0442. The van der Waals surface area contributed by atoms with Gasteiger partial charge >= 0.3 is 0 Å². The van der Waals surface area contributed by atoms with Gasteiger partial charge in [0.15, 0.2) is 16.7 Å². The lowest BCUT2D eigenvalue weighted by molar-refractivity contribution is 0.101. The quantitative estimate of drug-likeness (QED) is 0.225. The highest BCUT2D eigenvalue weighted by molar-refractivity contribution is 7.99. The van der Waals surface area contributed by atoms with Gasteiger partial charge in [-0.25, -0.2) is 4.98 Å². The van der Waals surface area contributed by atoms with Crippen molar-refractivity contribution in [2.75, 3.05) is 5.75 Å². The first-order chi connectivity index (χ1) is 15.7. The van der Waals surface area contributed by atoms with Crippen LogP contribution in [0.1, 0.15) is 44.6 Å². The van der Waals surface area contributed by atoms with E-state index in [0.717, 1.165) is 5.56 Å². The highest BCUT2D eigenvalue weighted by atomic mass is 35.5. The van der Waals surface area contributed by atoms with E-state index < -0.39 is 0 Å². The number of fused-ring (bicyclic) bond motifs is 1. The van der Waals surface area contributed by atoms with Crippen LogP contribution in [0.5, 0.6) is 0 Å². The Bertz CT molecular complexity index is 1490. The Kier molecular flexibility index (Phi) is 6.28. The molecule has 0 radical (unpaired) electrons. The predicted molar refractivity (Wildman–Crippen MR) is 132 cm³/mol. The molecule has 0 spiro atoms. The van der Waals surface area contributed by atoms with Gasteiger partial charge in [0, 0.05) is 16.3 Å². The second-order valence-corrected chi connectivity index (χ2v) is 9.18. The molecule has 33 heavy (non-hydrogen) atoms. The minimum Gasteiger partial charge on any atom is -0.355 e. The van der Waals surface area contributed by atoms with Crippen molar-refractivity contribution >= 4 is 45.8 Å². The summed E-state index contributed by atoms with van der Waals surface area (Å²) < 4.78 is 1.51. The van der Waals surface area contributed by atoms with Crippen LogP contribution in [-0.2, 0) is 0 Å². The molecule has 0 aliphatic carbocycles.